The topological polar surface area (TPSA) is 15.6 Å². The summed E-state index contributed by atoms with van der Waals surface area (Å²) in [6, 6.07) is 42.1. The van der Waals surface area contributed by atoms with E-state index in [1.807, 2.05) is 0 Å². The molecule has 0 amide bonds. The van der Waals surface area contributed by atoms with Crippen LogP contribution in [0.5, 0.6) is 0 Å². The Bertz CT molecular complexity index is 1930. The van der Waals surface area contributed by atoms with Crippen molar-refractivity contribution in [2.24, 2.45) is 4.99 Å². The van der Waals surface area contributed by atoms with Gasteiger partial charge in [-0.1, -0.05) is 121 Å². The average molecular weight is 499 g/mol. The molecule has 6 aromatic rings. The highest BCUT2D eigenvalue weighted by Gasteiger charge is 2.24. The van der Waals surface area contributed by atoms with Crippen LogP contribution in [0.4, 0.5) is 0 Å². The molecule has 0 saturated heterocycles. The van der Waals surface area contributed by atoms with E-state index in [0.29, 0.717) is 0 Å². The first kappa shape index (κ1) is 22.1. The molecule has 8 rings (SSSR count). The van der Waals surface area contributed by atoms with Crippen molar-refractivity contribution in [3.05, 3.63) is 145 Å². The molecule has 2 nitrogen and oxygen atoms in total. The summed E-state index contributed by atoms with van der Waals surface area (Å²) >= 11 is 0. The second kappa shape index (κ2) is 8.82. The lowest BCUT2D eigenvalue weighted by Crippen LogP contribution is -2.25. The molecular formula is C37H26N2. The van der Waals surface area contributed by atoms with Gasteiger partial charge in [0, 0.05) is 6.20 Å². The van der Waals surface area contributed by atoms with Crippen molar-refractivity contribution in [1.82, 2.24) is 4.90 Å². The maximum Gasteiger partial charge on any atom is 0.140 e. The zero-order valence-corrected chi connectivity index (χ0v) is 21.5. The third-order valence-electron chi connectivity index (χ3n) is 8.13. The summed E-state index contributed by atoms with van der Waals surface area (Å²) in [4.78, 5) is 7.23. The molecule has 184 valence electrons. The Morgan fingerprint density at radius 3 is 1.82 bits per heavy atom. The van der Waals surface area contributed by atoms with Gasteiger partial charge in [-0.15, -0.1) is 0 Å². The van der Waals surface area contributed by atoms with E-state index in [9.17, 15) is 0 Å². The minimum atomic E-state index is 0.124. The third-order valence-corrected chi connectivity index (χ3v) is 8.13. The van der Waals surface area contributed by atoms with Gasteiger partial charge in [0.15, 0.2) is 0 Å². The normalized spacial score (nSPS) is 16.3. The van der Waals surface area contributed by atoms with Crippen molar-refractivity contribution < 1.29 is 0 Å². The highest BCUT2D eigenvalue weighted by Crippen LogP contribution is 2.45. The molecule has 2 aliphatic rings. The van der Waals surface area contributed by atoms with E-state index >= 15 is 0 Å². The van der Waals surface area contributed by atoms with E-state index in [-0.39, 0.29) is 6.17 Å². The number of aliphatic imine (C=N–C) groups is 1. The van der Waals surface area contributed by atoms with Gasteiger partial charge in [0.2, 0.25) is 0 Å². The van der Waals surface area contributed by atoms with Crippen LogP contribution in [-0.2, 0) is 0 Å². The van der Waals surface area contributed by atoms with Gasteiger partial charge < -0.3 is 4.90 Å². The second-order valence-electron chi connectivity index (χ2n) is 10.3. The maximum absolute atomic E-state index is 4.96. The highest BCUT2D eigenvalue weighted by molar-refractivity contribution is 6.23. The molecule has 2 aliphatic heterocycles. The van der Waals surface area contributed by atoms with Gasteiger partial charge in [0.1, 0.15) is 6.17 Å². The summed E-state index contributed by atoms with van der Waals surface area (Å²) in [7, 11) is 0. The van der Waals surface area contributed by atoms with Crippen molar-refractivity contribution in [3.8, 4) is 22.3 Å². The Kier molecular flexibility index (Phi) is 4.99. The predicted octanol–water partition coefficient (Wildman–Crippen LogP) is 8.99. The molecule has 0 N–H and O–H groups in total. The van der Waals surface area contributed by atoms with Gasteiger partial charge in [0.25, 0.3) is 0 Å². The number of fused-ring (bicyclic) bond motifs is 4. The van der Waals surface area contributed by atoms with E-state index in [1.165, 1.54) is 60.1 Å². The van der Waals surface area contributed by atoms with Gasteiger partial charge in [0.05, 0.1) is 12.3 Å². The summed E-state index contributed by atoms with van der Waals surface area (Å²) < 4.78 is 0. The first-order valence-corrected chi connectivity index (χ1v) is 13.5. The lowest BCUT2D eigenvalue weighted by Gasteiger charge is -2.20. The summed E-state index contributed by atoms with van der Waals surface area (Å²) in [6.07, 6.45) is 8.56. The Morgan fingerprint density at radius 1 is 0.538 bits per heavy atom. The van der Waals surface area contributed by atoms with Crippen LogP contribution in [-0.4, -0.2) is 23.3 Å². The molecular weight excluding hydrogens is 472 g/mol. The standard InChI is InChI=1S/C37H26N2/c1-2-12-28-25(10-1)11-9-17-29(28)37-32-15-5-3-13-30(32)36(31-14-4-6-16-33(31)37)27-21-19-26(20-22-27)34-24-39-23-8-7-18-35(39)38-34/h1-23,35H,24H2. The first-order chi connectivity index (χ1) is 19.3. The summed E-state index contributed by atoms with van der Waals surface area (Å²) in [5.41, 5.74) is 7.43. The van der Waals surface area contributed by atoms with E-state index in [2.05, 4.69) is 145 Å². The summed E-state index contributed by atoms with van der Waals surface area (Å²) in [6.45, 7) is 0.844. The Labute approximate surface area is 227 Å². The minimum Gasteiger partial charge on any atom is -0.347 e. The molecule has 0 saturated carbocycles. The predicted molar refractivity (Wildman–Crippen MR) is 165 cm³/mol. The van der Waals surface area contributed by atoms with Crippen LogP contribution >= 0.6 is 0 Å². The molecule has 0 radical (unpaired) electrons. The Morgan fingerprint density at radius 2 is 1.13 bits per heavy atom. The maximum atomic E-state index is 4.96. The fraction of sp³-hybridized carbons (Fsp3) is 0.0541. The zero-order valence-electron chi connectivity index (χ0n) is 21.5. The summed E-state index contributed by atoms with van der Waals surface area (Å²) in [5, 5.41) is 7.66. The molecule has 0 spiro atoms. The number of hydrogen-bond acceptors (Lipinski definition) is 2. The molecule has 2 heteroatoms. The number of hydrogen-bond donors (Lipinski definition) is 0. The van der Waals surface area contributed by atoms with Gasteiger partial charge in [-0.2, -0.15) is 0 Å². The number of nitrogens with zero attached hydrogens (tertiary/aromatic N) is 2. The smallest absolute Gasteiger partial charge is 0.140 e. The van der Waals surface area contributed by atoms with E-state index in [0.717, 1.165) is 12.3 Å². The van der Waals surface area contributed by atoms with Crippen LogP contribution in [0.3, 0.4) is 0 Å². The minimum absolute atomic E-state index is 0.124. The Hall–Kier alpha value is -4.95. The fourth-order valence-corrected chi connectivity index (χ4v) is 6.33. The largest absolute Gasteiger partial charge is 0.347 e. The molecule has 6 aromatic carbocycles. The van der Waals surface area contributed by atoms with Crippen LogP contribution < -0.4 is 0 Å². The molecule has 39 heavy (non-hydrogen) atoms. The van der Waals surface area contributed by atoms with Crippen LogP contribution in [0.15, 0.2) is 145 Å². The number of rotatable bonds is 3. The lowest BCUT2D eigenvalue weighted by molar-refractivity contribution is 0.393. The van der Waals surface area contributed by atoms with Gasteiger partial charge in [-0.25, -0.2) is 0 Å². The van der Waals surface area contributed by atoms with Crippen molar-refractivity contribution in [2.45, 2.75) is 6.17 Å². The molecule has 0 aromatic heterocycles. The van der Waals surface area contributed by atoms with Crippen LogP contribution in [0, 0.1) is 0 Å². The third kappa shape index (κ3) is 3.53. The summed E-state index contributed by atoms with van der Waals surface area (Å²) in [5.74, 6) is 0. The van der Waals surface area contributed by atoms with Gasteiger partial charge in [-0.3, -0.25) is 4.99 Å². The molecule has 1 unspecified atom stereocenters. The van der Waals surface area contributed by atoms with Crippen LogP contribution in [0.1, 0.15) is 5.56 Å². The van der Waals surface area contributed by atoms with E-state index in [1.54, 1.807) is 0 Å². The second-order valence-corrected chi connectivity index (χ2v) is 10.3. The first-order valence-electron chi connectivity index (χ1n) is 13.5. The van der Waals surface area contributed by atoms with E-state index in [4.69, 9.17) is 4.99 Å². The van der Waals surface area contributed by atoms with Crippen molar-refractivity contribution in [1.29, 1.82) is 0 Å². The molecule has 0 fully saturated rings. The Balaban J connectivity index is 1.34. The quantitative estimate of drug-likeness (QED) is 0.222. The highest BCUT2D eigenvalue weighted by atomic mass is 15.3. The van der Waals surface area contributed by atoms with E-state index < -0.39 is 0 Å². The lowest BCUT2D eigenvalue weighted by atomic mass is 9.84. The molecule has 1 atom stereocenters. The molecule has 2 heterocycles. The fourth-order valence-electron chi connectivity index (χ4n) is 6.33. The SMILES string of the molecule is C1=CC2N=C(c3ccc(-c4c5ccccc5c(-c5cccc6ccccc56)c5ccccc45)cc3)CN2C=C1. The van der Waals surface area contributed by atoms with Crippen LogP contribution in [0.2, 0.25) is 0 Å². The van der Waals surface area contributed by atoms with Gasteiger partial charge in [-0.05, 0) is 72.3 Å². The van der Waals surface area contributed by atoms with Gasteiger partial charge >= 0.3 is 0 Å². The monoisotopic (exact) mass is 498 g/mol. The van der Waals surface area contributed by atoms with Crippen LogP contribution in [0.25, 0.3) is 54.6 Å². The average Bonchev–Trinajstić information content (AvgIpc) is 3.44. The van der Waals surface area contributed by atoms with Crippen molar-refractivity contribution in [3.63, 3.8) is 0 Å². The number of allylic oxidation sites excluding steroid dienone is 2. The van der Waals surface area contributed by atoms with Crippen molar-refractivity contribution >= 4 is 38.0 Å². The zero-order chi connectivity index (χ0) is 25.8. The number of benzene rings is 6. The van der Waals surface area contributed by atoms with Crippen molar-refractivity contribution in [2.75, 3.05) is 6.54 Å². The molecule has 0 aliphatic carbocycles. The molecule has 0 bridgehead atoms.